The number of nitrogens with two attached hydrogens (primary N) is 1. The molecule has 7 heteroatoms. The molecular weight excluding hydrogens is 290 g/mol. The first-order chi connectivity index (χ1) is 11.3. The number of rotatable bonds is 3. The summed E-state index contributed by atoms with van der Waals surface area (Å²) >= 11 is 0. The molecule has 0 fully saturated rings. The zero-order valence-corrected chi connectivity index (χ0v) is 12.7. The lowest BCUT2D eigenvalue weighted by atomic mass is 10.1. The smallest absolute Gasteiger partial charge is 0.165 e. The number of hydrazine groups is 1. The van der Waals surface area contributed by atoms with Crippen LogP contribution in [0.25, 0.3) is 16.7 Å². The van der Waals surface area contributed by atoms with E-state index in [0.29, 0.717) is 5.82 Å². The summed E-state index contributed by atoms with van der Waals surface area (Å²) in [5, 5.41) is 8.87. The average molecular weight is 307 g/mol. The first-order valence-corrected chi connectivity index (χ1v) is 7.49. The topological polar surface area (TPSA) is 93.2 Å². The van der Waals surface area contributed by atoms with Crippen molar-refractivity contribution in [2.45, 2.75) is 6.92 Å². The maximum Gasteiger partial charge on any atom is 0.165 e. The summed E-state index contributed by atoms with van der Waals surface area (Å²) in [7, 11) is 0. The van der Waals surface area contributed by atoms with Gasteiger partial charge >= 0.3 is 0 Å². The first-order valence-electron chi connectivity index (χ1n) is 7.49. The van der Waals surface area contributed by atoms with Crippen molar-refractivity contribution in [2.75, 3.05) is 18.5 Å². The Morgan fingerprint density at radius 1 is 1.26 bits per heavy atom. The van der Waals surface area contributed by atoms with Crippen molar-refractivity contribution in [3.05, 3.63) is 47.7 Å². The van der Waals surface area contributed by atoms with Crippen LogP contribution in [0.4, 0.5) is 5.82 Å². The van der Waals surface area contributed by atoms with E-state index in [4.69, 9.17) is 5.84 Å². The number of pyridine rings is 1. The summed E-state index contributed by atoms with van der Waals surface area (Å²) in [6, 6.07) is 12.0. The highest BCUT2D eigenvalue weighted by molar-refractivity contribution is 6.06. The molecule has 116 valence electrons. The summed E-state index contributed by atoms with van der Waals surface area (Å²) in [6.45, 7) is 3.58. The van der Waals surface area contributed by atoms with Gasteiger partial charge in [0.2, 0.25) is 0 Å². The fourth-order valence-corrected chi connectivity index (χ4v) is 2.80. The Morgan fingerprint density at radius 3 is 2.78 bits per heavy atom. The molecule has 1 aliphatic heterocycles. The summed E-state index contributed by atoms with van der Waals surface area (Å²) < 4.78 is 1.83. The minimum absolute atomic E-state index is 0.586. The van der Waals surface area contributed by atoms with E-state index >= 15 is 0 Å². The molecule has 3 heterocycles. The van der Waals surface area contributed by atoms with E-state index in [1.54, 1.807) is 0 Å². The second-order valence-corrected chi connectivity index (χ2v) is 5.39. The van der Waals surface area contributed by atoms with Gasteiger partial charge in [-0.1, -0.05) is 18.2 Å². The number of aryl methyl sites for hydroxylation is 1. The average Bonchev–Trinajstić information content (AvgIpc) is 3.23. The molecule has 0 bridgehead atoms. The Kier molecular flexibility index (Phi) is 3.20. The highest BCUT2D eigenvalue weighted by atomic mass is 15.3. The lowest BCUT2D eigenvalue weighted by Crippen LogP contribution is -2.23. The molecule has 0 aliphatic carbocycles. The molecule has 0 saturated heterocycles. The van der Waals surface area contributed by atoms with Gasteiger partial charge in [-0.25, -0.2) is 15.5 Å². The van der Waals surface area contributed by atoms with Crippen LogP contribution in [0, 0.1) is 6.92 Å². The van der Waals surface area contributed by atoms with Crippen LogP contribution in [-0.2, 0) is 0 Å². The third kappa shape index (κ3) is 2.22. The second kappa shape index (κ2) is 5.36. The van der Waals surface area contributed by atoms with E-state index in [1.807, 2.05) is 48.0 Å². The third-order valence-corrected chi connectivity index (χ3v) is 3.91. The molecule has 0 radical (unpaired) electrons. The van der Waals surface area contributed by atoms with Crippen LogP contribution in [0.3, 0.4) is 0 Å². The Hall–Kier alpha value is -2.93. The Balaban J connectivity index is 1.96. The second-order valence-electron chi connectivity index (χ2n) is 5.39. The van der Waals surface area contributed by atoms with Crippen LogP contribution in [0.15, 0.2) is 41.4 Å². The van der Waals surface area contributed by atoms with Gasteiger partial charge in [-0.3, -0.25) is 4.99 Å². The van der Waals surface area contributed by atoms with Crippen LogP contribution in [-0.4, -0.2) is 33.7 Å². The van der Waals surface area contributed by atoms with Crippen molar-refractivity contribution in [3.8, 4) is 5.69 Å². The van der Waals surface area contributed by atoms with Crippen LogP contribution in [0.1, 0.15) is 11.3 Å². The zero-order valence-electron chi connectivity index (χ0n) is 12.7. The van der Waals surface area contributed by atoms with E-state index in [-0.39, 0.29) is 0 Å². The van der Waals surface area contributed by atoms with Gasteiger partial charge in [0.25, 0.3) is 0 Å². The molecule has 4 N–H and O–H groups in total. The molecule has 1 aromatic carbocycles. The quantitative estimate of drug-likeness (QED) is 0.502. The molecule has 0 unspecified atom stereocenters. The van der Waals surface area contributed by atoms with Crippen molar-refractivity contribution in [3.63, 3.8) is 0 Å². The SMILES string of the molecule is Cc1nn(-c2ccccc2)c2nc(NN)c(C3=NCCN3)cc12. The number of nitrogens with one attached hydrogen (secondary N) is 2. The largest absolute Gasteiger partial charge is 0.368 e. The molecule has 0 atom stereocenters. The van der Waals surface area contributed by atoms with Gasteiger partial charge in [0.1, 0.15) is 5.84 Å². The Bertz CT molecular complexity index is 896. The number of aliphatic imine (C=N–C) groups is 1. The summed E-state index contributed by atoms with van der Waals surface area (Å²) in [4.78, 5) is 9.14. The highest BCUT2D eigenvalue weighted by Crippen LogP contribution is 2.25. The standard InChI is InChI=1S/C16H17N7/c1-10-12-9-13(14-18-7-8-19-14)15(21-17)20-16(12)23(22-10)11-5-3-2-4-6-11/h2-6,9H,7-8,17H2,1H3,(H,18,19)(H,20,21). The third-order valence-electron chi connectivity index (χ3n) is 3.91. The Morgan fingerprint density at radius 2 is 2.09 bits per heavy atom. The molecule has 1 aliphatic rings. The van der Waals surface area contributed by atoms with Crippen LogP contribution in [0.5, 0.6) is 0 Å². The lowest BCUT2D eigenvalue weighted by Gasteiger charge is -2.10. The molecule has 2 aromatic heterocycles. The number of hydrogen-bond donors (Lipinski definition) is 3. The van der Waals surface area contributed by atoms with E-state index < -0.39 is 0 Å². The fourth-order valence-electron chi connectivity index (χ4n) is 2.80. The van der Waals surface area contributed by atoms with E-state index in [2.05, 4.69) is 25.8 Å². The Labute approximate surface area is 133 Å². The minimum atomic E-state index is 0.586. The summed E-state index contributed by atoms with van der Waals surface area (Å²) in [5.74, 6) is 7.08. The van der Waals surface area contributed by atoms with Crippen LogP contribution < -0.4 is 16.6 Å². The first kappa shape index (κ1) is 13.7. The monoisotopic (exact) mass is 307 g/mol. The van der Waals surface area contributed by atoms with Crippen LogP contribution >= 0.6 is 0 Å². The normalized spacial score (nSPS) is 13.9. The molecule has 7 nitrogen and oxygen atoms in total. The van der Waals surface area contributed by atoms with Crippen molar-refractivity contribution in [1.29, 1.82) is 0 Å². The molecule has 3 aromatic rings. The number of nitrogens with zero attached hydrogens (tertiary/aromatic N) is 4. The summed E-state index contributed by atoms with van der Waals surface area (Å²) in [6.07, 6.45) is 0. The van der Waals surface area contributed by atoms with Crippen molar-refractivity contribution in [1.82, 2.24) is 20.1 Å². The molecule has 0 saturated carbocycles. The van der Waals surface area contributed by atoms with Crippen molar-refractivity contribution >= 4 is 22.7 Å². The number of benzene rings is 1. The number of para-hydroxylation sites is 1. The van der Waals surface area contributed by atoms with Gasteiger partial charge < -0.3 is 10.7 Å². The number of anilines is 1. The van der Waals surface area contributed by atoms with E-state index in [1.165, 1.54) is 0 Å². The summed E-state index contributed by atoms with van der Waals surface area (Å²) in [5.41, 5.74) is 6.20. The van der Waals surface area contributed by atoms with Gasteiger partial charge in [-0.15, -0.1) is 0 Å². The van der Waals surface area contributed by atoms with E-state index in [0.717, 1.165) is 46.9 Å². The van der Waals surface area contributed by atoms with E-state index in [9.17, 15) is 0 Å². The predicted octanol–water partition coefficient (Wildman–Crippen LogP) is 1.36. The van der Waals surface area contributed by atoms with Gasteiger partial charge in [0.05, 0.1) is 23.5 Å². The van der Waals surface area contributed by atoms with Crippen molar-refractivity contribution in [2.24, 2.45) is 10.8 Å². The number of hydrogen-bond acceptors (Lipinski definition) is 6. The maximum atomic E-state index is 5.68. The van der Waals surface area contributed by atoms with Crippen molar-refractivity contribution < 1.29 is 0 Å². The number of amidine groups is 1. The molecular formula is C16H17N7. The molecule has 4 rings (SSSR count). The van der Waals surface area contributed by atoms with Gasteiger partial charge in [0, 0.05) is 11.9 Å². The van der Waals surface area contributed by atoms with Gasteiger partial charge in [-0.05, 0) is 25.1 Å². The molecule has 0 spiro atoms. The van der Waals surface area contributed by atoms with Crippen LogP contribution in [0.2, 0.25) is 0 Å². The number of aromatic nitrogens is 3. The zero-order chi connectivity index (χ0) is 15.8. The fraction of sp³-hybridized carbons (Fsp3) is 0.188. The number of fused-ring (bicyclic) bond motifs is 1. The lowest BCUT2D eigenvalue weighted by molar-refractivity contribution is 0.877. The van der Waals surface area contributed by atoms with Gasteiger partial charge in [0.15, 0.2) is 11.5 Å². The van der Waals surface area contributed by atoms with Gasteiger partial charge in [-0.2, -0.15) is 5.10 Å². The molecule has 0 amide bonds. The highest BCUT2D eigenvalue weighted by Gasteiger charge is 2.19. The predicted molar refractivity (Wildman–Crippen MR) is 90.8 cm³/mol. The number of nitrogen functional groups attached to an aromatic ring is 1. The molecule has 23 heavy (non-hydrogen) atoms. The minimum Gasteiger partial charge on any atom is -0.368 e. The maximum absolute atomic E-state index is 5.68.